The monoisotopic (exact) mass is 270 g/mol. The van der Waals surface area contributed by atoms with Gasteiger partial charge >= 0.3 is 0 Å². The summed E-state index contributed by atoms with van der Waals surface area (Å²) >= 11 is 5.84. The summed E-state index contributed by atoms with van der Waals surface area (Å²) in [5.41, 5.74) is 6.32. The first-order chi connectivity index (χ1) is 8.50. The van der Waals surface area contributed by atoms with Gasteiger partial charge in [0.05, 0.1) is 17.4 Å². The maximum atomic E-state index is 11.8. The van der Waals surface area contributed by atoms with Gasteiger partial charge in [0.15, 0.2) is 0 Å². The maximum Gasteiger partial charge on any atom is 0.254 e. The minimum Gasteiger partial charge on any atom is -0.397 e. The molecule has 18 heavy (non-hydrogen) atoms. The zero-order valence-electron chi connectivity index (χ0n) is 10.7. The van der Waals surface area contributed by atoms with Gasteiger partial charge < -0.3 is 16.0 Å². The van der Waals surface area contributed by atoms with Crippen LogP contribution in [0.4, 0.5) is 5.69 Å². The Balaban J connectivity index is 2.39. The predicted octanol–water partition coefficient (Wildman–Crippen LogP) is 1.39. The quantitative estimate of drug-likeness (QED) is 0.605. The lowest BCUT2D eigenvalue weighted by molar-refractivity contribution is 0.0952. The van der Waals surface area contributed by atoms with Crippen molar-refractivity contribution in [3.8, 4) is 0 Å². The van der Waals surface area contributed by atoms with E-state index in [2.05, 4.69) is 15.2 Å². The lowest BCUT2D eigenvalue weighted by atomic mass is 10.2. The summed E-state index contributed by atoms with van der Waals surface area (Å²) in [6, 6.07) is 1.53. The van der Waals surface area contributed by atoms with E-state index in [-0.39, 0.29) is 11.1 Å². The molecule has 0 aliphatic heterocycles. The zero-order valence-corrected chi connectivity index (χ0v) is 11.5. The number of amides is 1. The highest BCUT2D eigenvalue weighted by Crippen LogP contribution is 2.15. The molecule has 0 aromatic carbocycles. The minimum atomic E-state index is -0.232. The van der Waals surface area contributed by atoms with E-state index >= 15 is 0 Å². The molecular formula is C12H19ClN4O. The molecule has 1 rings (SSSR count). The van der Waals surface area contributed by atoms with Crippen LogP contribution in [0.25, 0.3) is 0 Å². The molecule has 0 radical (unpaired) electrons. The number of carbonyl (C=O) groups is 1. The van der Waals surface area contributed by atoms with Crippen LogP contribution < -0.4 is 11.1 Å². The van der Waals surface area contributed by atoms with Crippen LogP contribution in [0.15, 0.2) is 12.3 Å². The third-order valence-electron chi connectivity index (χ3n) is 2.42. The Morgan fingerprint density at radius 1 is 1.50 bits per heavy atom. The standard InChI is InChI=1S/C12H19ClN4O/c1-17(2)6-4-3-5-15-12(18)10-7-9(14)8-16-11(10)13/h7-8H,3-6,14H2,1-2H3,(H,15,18). The molecule has 1 heterocycles. The number of rotatable bonds is 6. The van der Waals surface area contributed by atoms with E-state index in [1.54, 1.807) is 0 Å². The van der Waals surface area contributed by atoms with Gasteiger partial charge in [-0.3, -0.25) is 4.79 Å². The van der Waals surface area contributed by atoms with Crippen molar-refractivity contribution < 1.29 is 4.79 Å². The number of pyridine rings is 1. The Morgan fingerprint density at radius 2 is 2.22 bits per heavy atom. The Bertz CT molecular complexity index is 409. The van der Waals surface area contributed by atoms with Gasteiger partial charge in [0.2, 0.25) is 0 Å². The van der Waals surface area contributed by atoms with Crippen molar-refractivity contribution in [2.45, 2.75) is 12.8 Å². The van der Waals surface area contributed by atoms with Crippen LogP contribution in [-0.4, -0.2) is 43.0 Å². The third kappa shape index (κ3) is 4.89. The molecule has 1 aromatic heterocycles. The Hall–Kier alpha value is -1.33. The van der Waals surface area contributed by atoms with Crippen LogP contribution in [0, 0.1) is 0 Å². The fourth-order valence-electron chi connectivity index (χ4n) is 1.47. The third-order valence-corrected chi connectivity index (χ3v) is 2.72. The van der Waals surface area contributed by atoms with Crippen molar-refractivity contribution >= 4 is 23.2 Å². The van der Waals surface area contributed by atoms with Crippen molar-refractivity contribution in [2.75, 3.05) is 32.9 Å². The van der Waals surface area contributed by atoms with Crippen LogP contribution in [0.5, 0.6) is 0 Å². The highest BCUT2D eigenvalue weighted by molar-refractivity contribution is 6.32. The molecule has 100 valence electrons. The molecule has 0 spiro atoms. The normalized spacial score (nSPS) is 10.7. The topological polar surface area (TPSA) is 71.2 Å². The number of aromatic nitrogens is 1. The number of nitrogen functional groups attached to an aromatic ring is 1. The van der Waals surface area contributed by atoms with Gasteiger partial charge in [0.1, 0.15) is 5.15 Å². The number of carbonyl (C=O) groups excluding carboxylic acids is 1. The molecule has 6 heteroatoms. The lowest BCUT2D eigenvalue weighted by Gasteiger charge is -2.10. The smallest absolute Gasteiger partial charge is 0.254 e. The van der Waals surface area contributed by atoms with Crippen molar-refractivity contribution in [3.05, 3.63) is 23.0 Å². The highest BCUT2D eigenvalue weighted by Gasteiger charge is 2.11. The molecule has 5 nitrogen and oxygen atoms in total. The molecule has 0 saturated heterocycles. The molecule has 3 N–H and O–H groups in total. The number of hydrogen-bond donors (Lipinski definition) is 2. The van der Waals surface area contributed by atoms with Gasteiger partial charge in [0, 0.05) is 6.54 Å². The van der Waals surface area contributed by atoms with Crippen molar-refractivity contribution in [1.82, 2.24) is 15.2 Å². The van der Waals surface area contributed by atoms with Crippen molar-refractivity contribution in [3.63, 3.8) is 0 Å². The molecule has 0 aliphatic carbocycles. The van der Waals surface area contributed by atoms with Gasteiger partial charge in [0.25, 0.3) is 5.91 Å². The number of hydrogen-bond acceptors (Lipinski definition) is 4. The van der Waals surface area contributed by atoms with Gasteiger partial charge in [-0.15, -0.1) is 0 Å². The van der Waals surface area contributed by atoms with Crippen LogP contribution in [0.3, 0.4) is 0 Å². The summed E-state index contributed by atoms with van der Waals surface area (Å²) in [5, 5.41) is 2.98. The maximum absolute atomic E-state index is 11.8. The second-order valence-electron chi connectivity index (χ2n) is 4.37. The summed E-state index contributed by atoms with van der Waals surface area (Å²) in [4.78, 5) is 17.8. The fraction of sp³-hybridized carbons (Fsp3) is 0.500. The average molecular weight is 271 g/mol. The SMILES string of the molecule is CN(C)CCCCNC(=O)c1cc(N)cnc1Cl. The first-order valence-corrected chi connectivity index (χ1v) is 6.22. The van der Waals surface area contributed by atoms with Crippen molar-refractivity contribution in [1.29, 1.82) is 0 Å². The summed E-state index contributed by atoms with van der Waals surface area (Å²) < 4.78 is 0. The number of nitrogens with two attached hydrogens (primary N) is 1. The fourth-order valence-corrected chi connectivity index (χ4v) is 1.66. The van der Waals surface area contributed by atoms with Gasteiger partial charge in [-0.25, -0.2) is 4.98 Å². The van der Waals surface area contributed by atoms with E-state index < -0.39 is 0 Å². The van der Waals surface area contributed by atoms with E-state index in [9.17, 15) is 4.79 Å². The summed E-state index contributed by atoms with van der Waals surface area (Å²) in [5.74, 6) is -0.232. The molecular weight excluding hydrogens is 252 g/mol. The largest absolute Gasteiger partial charge is 0.397 e. The Kier molecular flexibility index (Phi) is 5.88. The molecule has 0 bridgehead atoms. The van der Waals surface area contributed by atoms with E-state index in [1.165, 1.54) is 12.3 Å². The average Bonchev–Trinajstić information content (AvgIpc) is 2.31. The number of nitrogens with zero attached hydrogens (tertiary/aromatic N) is 2. The number of unbranched alkanes of at least 4 members (excludes halogenated alkanes) is 1. The van der Waals surface area contributed by atoms with Gasteiger partial charge in [-0.05, 0) is 39.5 Å². The summed E-state index contributed by atoms with van der Waals surface area (Å²) in [6.07, 6.45) is 3.39. The highest BCUT2D eigenvalue weighted by atomic mass is 35.5. The second-order valence-corrected chi connectivity index (χ2v) is 4.73. The molecule has 1 aromatic rings. The van der Waals surface area contributed by atoms with E-state index in [4.69, 9.17) is 17.3 Å². The predicted molar refractivity (Wildman–Crippen MR) is 73.8 cm³/mol. The van der Waals surface area contributed by atoms with E-state index in [0.717, 1.165) is 19.4 Å². The first-order valence-electron chi connectivity index (χ1n) is 5.84. The first kappa shape index (κ1) is 14.7. The second kappa shape index (κ2) is 7.18. The zero-order chi connectivity index (χ0) is 13.5. The molecule has 0 unspecified atom stereocenters. The Morgan fingerprint density at radius 3 is 2.89 bits per heavy atom. The molecule has 0 saturated carbocycles. The van der Waals surface area contributed by atoms with Gasteiger partial charge in [-0.2, -0.15) is 0 Å². The number of nitrogens with one attached hydrogen (secondary N) is 1. The van der Waals surface area contributed by atoms with Crippen LogP contribution in [-0.2, 0) is 0 Å². The molecule has 0 atom stereocenters. The lowest BCUT2D eigenvalue weighted by Crippen LogP contribution is -2.25. The summed E-state index contributed by atoms with van der Waals surface area (Å²) in [6.45, 7) is 1.63. The van der Waals surface area contributed by atoms with Gasteiger partial charge in [-0.1, -0.05) is 11.6 Å². The van der Waals surface area contributed by atoms with Crippen LogP contribution in [0.2, 0.25) is 5.15 Å². The van der Waals surface area contributed by atoms with Crippen LogP contribution in [0.1, 0.15) is 23.2 Å². The molecule has 0 aliphatic rings. The molecule has 0 fully saturated rings. The number of anilines is 1. The number of halogens is 1. The van der Waals surface area contributed by atoms with E-state index in [1.807, 2.05) is 14.1 Å². The Labute approximate surface area is 112 Å². The minimum absolute atomic E-state index is 0.176. The molecule has 1 amide bonds. The van der Waals surface area contributed by atoms with E-state index in [0.29, 0.717) is 17.8 Å². The van der Waals surface area contributed by atoms with Crippen LogP contribution >= 0.6 is 11.6 Å². The van der Waals surface area contributed by atoms with Crippen molar-refractivity contribution in [2.24, 2.45) is 0 Å². The summed E-state index contributed by atoms with van der Waals surface area (Å²) in [7, 11) is 4.05.